The van der Waals surface area contributed by atoms with E-state index in [4.69, 9.17) is 16.3 Å². The van der Waals surface area contributed by atoms with Crippen molar-refractivity contribution < 1.29 is 14.3 Å². The highest BCUT2D eigenvalue weighted by atomic mass is 35.5. The quantitative estimate of drug-likeness (QED) is 0.739. The van der Waals surface area contributed by atoms with E-state index in [-0.39, 0.29) is 5.91 Å². The lowest BCUT2D eigenvalue weighted by molar-refractivity contribution is -0.123. The van der Waals surface area contributed by atoms with Gasteiger partial charge in [0, 0.05) is 0 Å². The van der Waals surface area contributed by atoms with Crippen molar-refractivity contribution in [3.8, 4) is 5.75 Å². The molecular weight excluding hydrogens is 380 g/mol. The van der Waals surface area contributed by atoms with Crippen LogP contribution in [0.25, 0.3) is 0 Å². The van der Waals surface area contributed by atoms with Gasteiger partial charge in [-0.25, -0.2) is 4.90 Å². The third-order valence-corrected chi connectivity index (χ3v) is 5.38. The summed E-state index contributed by atoms with van der Waals surface area (Å²) in [5.74, 6) is -0.282. The van der Waals surface area contributed by atoms with Crippen molar-refractivity contribution >= 4 is 29.1 Å². The SMILES string of the molecule is COc1ccc(N2C(=O)[C@H]3N=NN(Cc4cc(C)ccc4C)[C@H]3C2=O)cc1Cl. The Balaban J connectivity index is 1.62. The molecule has 2 aromatic carbocycles. The van der Waals surface area contributed by atoms with Crippen molar-refractivity contribution in [2.45, 2.75) is 32.5 Å². The van der Waals surface area contributed by atoms with Gasteiger partial charge in [-0.15, -0.1) is 0 Å². The fourth-order valence-corrected chi connectivity index (χ4v) is 3.80. The van der Waals surface area contributed by atoms with Crippen LogP contribution in [0.15, 0.2) is 46.7 Å². The molecular formula is C20H19ClN4O3. The van der Waals surface area contributed by atoms with Crippen LogP contribution in [0.2, 0.25) is 5.02 Å². The van der Waals surface area contributed by atoms with Crippen molar-refractivity contribution in [2.75, 3.05) is 12.0 Å². The molecule has 7 nitrogen and oxygen atoms in total. The molecule has 0 bridgehead atoms. The van der Waals surface area contributed by atoms with Gasteiger partial charge in [0.2, 0.25) is 0 Å². The number of ether oxygens (including phenoxy) is 1. The summed E-state index contributed by atoms with van der Waals surface area (Å²) in [5, 5.41) is 10.1. The first-order valence-corrected chi connectivity index (χ1v) is 9.23. The van der Waals surface area contributed by atoms with Crippen LogP contribution in [0.1, 0.15) is 16.7 Å². The summed E-state index contributed by atoms with van der Waals surface area (Å²) in [5.41, 5.74) is 3.67. The number of anilines is 1. The lowest BCUT2D eigenvalue weighted by Crippen LogP contribution is -2.39. The number of aryl methyl sites for hydroxylation is 2. The largest absolute Gasteiger partial charge is 0.495 e. The summed E-state index contributed by atoms with van der Waals surface area (Å²) >= 11 is 6.17. The second-order valence-corrected chi connectivity index (χ2v) is 7.36. The topological polar surface area (TPSA) is 74.6 Å². The van der Waals surface area contributed by atoms with Gasteiger partial charge in [0.05, 0.1) is 24.4 Å². The zero-order valence-corrected chi connectivity index (χ0v) is 16.5. The predicted octanol–water partition coefficient (Wildman–Crippen LogP) is 3.46. The molecule has 1 fully saturated rings. The van der Waals surface area contributed by atoms with E-state index >= 15 is 0 Å². The highest BCUT2D eigenvalue weighted by molar-refractivity contribution is 6.33. The average Bonchev–Trinajstić information content (AvgIpc) is 3.18. The maximum absolute atomic E-state index is 13.1. The normalized spacial score (nSPS) is 20.9. The molecule has 144 valence electrons. The van der Waals surface area contributed by atoms with E-state index in [2.05, 4.69) is 16.4 Å². The van der Waals surface area contributed by atoms with E-state index in [9.17, 15) is 9.59 Å². The van der Waals surface area contributed by atoms with E-state index < -0.39 is 18.0 Å². The maximum atomic E-state index is 13.1. The number of rotatable bonds is 4. The molecule has 2 aliphatic heterocycles. The standard InChI is InChI=1S/C20H19ClN4O3/c1-11-4-5-12(2)13(8-11)10-24-18-17(22-23-24)19(26)25(20(18)27)14-6-7-16(28-3)15(21)9-14/h4-9,17-18H,10H2,1-3H3/t17-,18+/m0/s1. The molecule has 0 saturated carbocycles. The van der Waals surface area contributed by atoms with Gasteiger partial charge in [-0.2, -0.15) is 5.11 Å². The molecule has 0 spiro atoms. The first kappa shape index (κ1) is 18.4. The minimum absolute atomic E-state index is 0.325. The fourth-order valence-electron chi connectivity index (χ4n) is 3.55. The number of methoxy groups -OCH3 is 1. The summed E-state index contributed by atoms with van der Waals surface area (Å²) in [7, 11) is 1.50. The van der Waals surface area contributed by atoms with Crippen LogP contribution in [0.4, 0.5) is 5.69 Å². The van der Waals surface area contributed by atoms with E-state index in [1.165, 1.54) is 7.11 Å². The zero-order valence-electron chi connectivity index (χ0n) is 15.7. The monoisotopic (exact) mass is 398 g/mol. The Morgan fingerprint density at radius 2 is 1.89 bits per heavy atom. The molecule has 4 rings (SSSR count). The van der Waals surface area contributed by atoms with E-state index in [0.717, 1.165) is 21.6 Å². The highest BCUT2D eigenvalue weighted by Crippen LogP contribution is 2.36. The van der Waals surface area contributed by atoms with Crippen LogP contribution >= 0.6 is 11.6 Å². The average molecular weight is 399 g/mol. The number of hydrogen-bond acceptors (Lipinski definition) is 6. The molecule has 0 N–H and O–H groups in total. The Morgan fingerprint density at radius 1 is 1.11 bits per heavy atom. The Hall–Kier alpha value is -2.93. The molecule has 0 radical (unpaired) electrons. The van der Waals surface area contributed by atoms with Crippen molar-refractivity contribution in [3.63, 3.8) is 0 Å². The fraction of sp³-hybridized carbons (Fsp3) is 0.300. The number of imide groups is 1. The number of halogens is 1. The Morgan fingerprint density at radius 3 is 2.61 bits per heavy atom. The summed E-state index contributed by atoms with van der Waals surface area (Å²) in [6, 6.07) is 9.35. The Labute approximate surface area is 167 Å². The molecule has 2 aromatic rings. The van der Waals surface area contributed by atoms with Crippen molar-refractivity contribution in [1.82, 2.24) is 5.01 Å². The molecule has 28 heavy (non-hydrogen) atoms. The zero-order chi connectivity index (χ0) is 20.0. The lowest BCUT2D eigenvalue weighted by atomic mass is 10.0. The number of carbonyl (C=O) groups is 2. The van der Waals surface area contributed by atoms with Gasteiger partial charge in [-0.3, -0.25) is 14.6 Å². The number of benzene rings is 2. The van der Waals surface area contributed by atoms with Gasteiger partial charge in [0.15, 0.2) is 12.1 Å². The van der Waals surface area contributed by atoms with Gasteiger partial charge in [0.1, 0.15) is 5.75 Å². The molecule has 1 saturated heterocycles. The first-order valence-electron chi connectivity index (χ1n) is 8.85. The van der Waals surface area contributed by atoms with Crippen LogP contribution in [0, 0.1) is 13.8 Å². The minimum Gasteiger partial charge on any atom is -0.495 e. The van der Waals surface area contributed by atoms with Crippen molar-refractivity contribution in [2.24, 2.45) is 10.3 Å². The van der Waals surface area contributed by atoms with Crippen LogP contribution in [0.3, 0.4) is 0 Å². The van der Waals surface area contributed by atoms with Crippen molar-refractivity contribution in [3.05, 3.63) is 58.1 Å². The smallest absolute Gasteiger partial charge is 0.263 e. The van der Waals surface area contributed by atoms with Gasteiger partial charge in [-0.1, -0.05) is 40.6 Å². The number of fused-ring (bicyclic) bond motifs is 1. The van der Waals surface area contributed by atoms with E-state index in [1.54, 1.807) is 23.2 Å². The summed E-state index contributed by atoms with van der Waals surface area (Å²) in [6.45, 7) is 4.43. The van der Waals surface area contributed by atoms with Crippen LogP contribution in [-0.2, 0) is 16.1 Å². The third-order valence-electron chi connectivity index (χ3n) is 5.09. The molecule has 0 unspecified atom stereocenters. The number of hydrogen-bond donors (Lipinski definition) is 0. The van der Waals surface area contributed by atoms with E-state index in [1.807, 2.05) is 26.0 Å². The first-order chi connectivity index (χ1) is 13.4. The molecule has 2 heterocycles. The molecule has 2 aliphatic rings. The van der Waals surface area contributed by atoms with Crippen molar-refractivity contribution in [1.29, 1.82) is 0 Å². The van der Waals surface area contributed by atoms with Gasteiger partial charge in [-0.05, 0) is 43.2 Å². The van der Waals surface area contributed by atoms with Gasteiger partial charge >= 0.3 is 0 Å². The maximum Gasteiger partial charge on any atom is 0.263 e. The summed E-state index contributed by atoms with van der Waals surface area (Å²) in [4.78, 5) is 27.1. The van der Waals surface area contributed by atoms with Gasteiger partial charge in [0.25, 0.3) is 11.8 Å². The number of nitrogens with zero attached hydrogens (tertiary/aromatic N) is 4. The highest BCUT2D eigenvalue weighted by Gasteiger charge is 2.54. The predicted molar refractivity (Wildman–Crippen MR) is 104 cm³/mol. The Kier molecular flexibility index (Phi) is 4.55. The Bertz CT molecular complexity index is 1010. The minimum atomic E-state index is -0.835. The van der Waals surface area contributed by atoms with Gasteiger partial charge < -0.3 is 4.74 Å². The molecule has 2 amide bonds. The van der Waals surface area contributed by atoms with Crippen LogP contribution < -0.4 is 9.64 Å². The lowest BCUT2D eigenvalue weighted by Gasteiger charge is -2.22. The molecule has 0 aromatic heterocycles. The van der Waals surface area contributed by atoms with Crippen LogP contribution in [0.5, 0.6) is 5.75 Å². The summed E-state index contributed by atoms with van der Waals surface area (Å²) in [6.07, 6.45) is 0. The molecule has 2 atom stereocenters. The summed E-state index contributed by atoms with van der Waals surface area (Å²) < 4.78 is 5.13. The second-order valence-electron chi connectivity index (χ2n) is 6.95. The molecule has 8 heteroatoms. The number of amides is 2. The second kappa shape index (κ2) is 6.91. The number of carbonyl (C=O) groups excluding carboxylic acids is 2. The van der Waals surface area contributed by atoms with E-state index in [0.29, 0.717) is 23.0 Å². The molecule has 0 aliphatic carbocycles. The third kappa shape index (κ3) is 2.92. The van der Waals surface area contributed by atoms with Crippen LogP contribution in [-0.4, -0.2) is 36.0 Å².